The maximum Gasteiger partial charge on any atom is 0.340 e. The zero-order chi connectivity index (χ0) is 20.9. The Kier molecular flexibility index (Phi) is 5.90. The Morgan fingerprint density at radius 1 is 1.03 bits per heavy atom. The van der Waals surface area contributed by atoms with Crippen molar-refractivity contribution in [2.45, 2.75) is 0 Å². The minimum absolute atomic E-state index is 0.298. The van der Waals surface area contributed by atoms with Crippen LogP contribution in [-0.2, 0) is 9.53 Å². The van der Waals surface area contributed by atoms with Gasteiger partial charge in [-0.3, -0.25) is 4.79 Å². The predicted octanol–water partition coefficient (Wildman–Crippen LogP) is 4.63. The van der Waals surface area contributed by atoms with E-state index in [1.807, 2.05) is 11.4 Å². The third-order valence-electron chi connectivity index (χ3n) is 4.39. The van der Waals surface area contributed by atoms with Crippen LogP contribution in [0.2, 0.25) is 0 Å². The SMILES string of the molecule is O=C(OCC(=O)c1ccc2c(c1)OCCO2)/C(=C/c1ccc(F)cc1)c1cccs1. The minimum atomic E-state index is -0.632. The second-order valence-electron chi connectivity index (χ2n) is 6.44. The molecule has 0 unspecified atom stereocenters. The Labute approximate surface area is 176 Å². The number of rotatable bonds is 6. The maximum absolute atomic E-state index is 13.2. The molecule has 152 valence electrons. The molecule has 5 nitrogen and oxygen atoms in total. The zero-order valence-corrected chi connectivity index (χ0v) is 16.6. The van der Waals surface area contributed by atoms with E-state index in [0.29, 0.717) is 46.3 Å². The van der Waals surface area contributed by atoms with Crippen molar-refractivity contribution in [3.05, 3.63) is 81.8 Å². The van der Waals surface area contributed by atoms with Crippen molar-refractivity contribution in [2.75, 3.05) is 19.8 Å². The zero-order valence-electron chi connectivity index (χ0n) is 15.8. The molecule has 0 N–H and O–H groups in total. The summed E-state index contributed by atoms with van der Waals surface area (Å²) < 4.78 is 29.4. The highest BCUT2D eigenvalue weighted by atomic mass is 32.1. The molecule has 0 radical (unpaired) electrons. The van der Waals surface area contributed by atoms with Gasteiger partial charge in [0, 0.05) is 10.4 Å². The quantitative estimate of drug-likeness (QED) is 0.328. The van der Waals surface area contributed by atoms with Gasteiger partial charge in [-0.05, 0) is 53.4 Å². The lowest BCUT2D eigenvalue weighted by molar-refractivity contribution is -0.135. The number of esters is 1. The first-order valence-electron chi connectivity index (χ1n) is 9.21. The van der Waals surface area contributed by atoms with Gasteiger partial charge in [0.05, 0.1) is 5.57 Å². The highest BCUT2D eigenvalue weighted by molar-refractivity contribution is 7.11. The van der Waals surface area contributed by atoms with Gasteiger partial charge >= 0.3 is 5.97 Å². The van der Waals surface area contributed by atoms with Crippen molar-refractivity contribution in [2.24, 2.45) is 0 Å². The summed E-state index contributed by atoms with van der Waals surface area (Å²) in [5.74, 6) is -0.274. The first-order chi connectivity index (χ1) is 14.6. The van der Waals surface area contributed by atoms with Crippen molar-refractivity contribution in [1.82, 2.24) is 0 Å². The molecular formula is C23H17FO5S. The summed E-state index contributed by atoms with van der Waals surface area (Å²) in [6.07, 6.45) is 1.61. The van der Waals surface area contributed by atoms with Crippen molar-refractivity contribution >= 4 is 34.7 Å². The molecule has 7 heteroatoms. The smallest absolute Gasteiger partial charge is 0.340 e. The van der Waals surface area contributed by atoms with Crippen LogP contribution in [0.4, 0.5) is 4.39 Å². The number of carbonyl (C=O) groups excluding carboxylic acids is 2. The molecule has 0 saturated carbocycles. The topological polar surface area (TPSA) is 61.8 Å². The van der Waals surface area contributed by atoms with E-state index >= 15 is 0 Å². The number of halogens is 1. The highest BCUT2D eigenvalue weighted by Gasteiger charge is 2.19. The molecule has 2 aromatic carbocycles. The minimum Gasteiger partial charge on any atom is -0.486 e. The third kappa shape index (κ3) is 4.58. The van der Waals surface area contributed by atoms with E-state index in [1.165, 1.54) is 23.5 Å². The Bertz CT molecular complexity index is 1090. The van der Waals surface area contributed by atoms with Crippen LogP contribution in [0.1, 0.15) is 20.8 Å². The number of ketones is 1. The Morgan fingerprint density at radius 2 is 1.80 bits per heavy atom. The average Bonchev–Trinajstić information content (AvgIpc) is 3.31. The van der Waals surface area contributed by atoms with Crippen LogP contribution in [0.25, 0.3) is 11.6 Å². The normalized spacial score (nSPS) is 13.0. The molecule has 0 bridgehead atoms. The molecule has 0 atom stereocenters. The van der Waals surface area contributed by atoms with Gasteiger partial charge in [-0.15, -0.1) is 11.3 Å². The van der Waals surface area contributed by atoms with Crippen LogP contribution in [0.5, 0.6) is 11.5 Å². The Morgan fingerprint density at radius 3 is 2.53 bits per heavy atom. The van der Waals surface area contributed by atoms with Gasteiger partial charge in [0.1, 0.15) is 19.0 Å². The number of ether oxygens (including phenoxy) is 3. The first kappa shape index (κ1) is 19.8. The standard InChI is InChI=1S/C23H17FO5S/c24-17-6-3-15(4-7-17)12-18(22-2-1-11-30-22)23(26)29-14-19(25)16-5-8-20-21(13-16)28-10-9-27-20/h1-8,11-13H,9-10,14H2/b18-12+. The van der Waals surface area contributed by atoms with Crippen LogP contribution in [0.3, 0.4) is 0 Å². The fraction of sp³-hybridized carbons (Fsp3) is 0.130. The molecule has 2 heterocycles. The fourth-order valence-electron chi connectivity index (χ4n) is 2.90. The van der Waals surface area contributed by atoms with E-state index in [-0.39, 0.29) is 11.6 Å². The molecule has 0 amide bonds. The first-order valence-corrected chi connectivity index (χ1v) is 10.1. The number of carbonyl (C=O) groups is 2. The van der Waals surface area contributed by atoms with E-state index in [1.54, 1.807) is 42.5 Å². The van der Waals surface area contributed by atoms with Crippen molar-refractivity contribution in [3.63, 3.8) is 0 Å². The second kappa shape index (κ2) is 8.92. The van der Waals surface area contributed by atoms with E-state index < -0.39 is 12.6 Å². The number of hydrogen-bond donors (Lipinski definition) is 0. The molecule has 30 heavy (non-hydrogen) atoms. The van der Waals surface area contributed by atoms with Gasteiger partial charge in [0.15, 0.2) is 23.9 Å². The number of fused-ring (bicyclic) bond motifs is 1. The van der Waals surface area contributed by atoms with Gasteiger partial charge in [-0.2, -0.15) is 0 Å². The molecule has 0 spiro atoms. The Hall–Kier alpha value is -3.45. The lowest BCUT2D eigenvalue weighted by Crippen LogP contribution is -2.17. The number of Topliss-reactive ketones (excluding diaryl/α,β-unsaturated/α-hetero) is 1. The van der Waals surface area contributed by atoms with Crippen molar-refractivity contribution < 1.29 is 28.2 Å². The number of hydrogen-bond acceptors (Lipinski definition) is 6. The molecule has 0 aliphatic carbocycles. The maximum atomic E-state index is 13.2. The van der Waals surface area contributed by atoms with Gasteiger partial charge in [-0.1, -0.05) is 18.2 Å². The monoisotopic (exact) mass is 424 g/mol. The van der Waals surface area contributed by atoms with Crippen molar-refractivity contribution in [3.8, 4) is 11.5 Å². The van der Waals surface area contributed by atoms with Crippen LogP contribution < -0.4 is 9.47 Å². The summed E-state index contributed by atoms with van der Waals surface area (Å²) in [5.41, 5.74) is 1.31. The van der Waals surface area contributed by atoms with Gasteiger partial charge in [0.2, 0.25) is 0 Å². The summed E-state index contributed by atoms with van der Waals surface area (Å²) in [6.45, 7) is 0.465. The van der Waals surface area contributed by atoms with Crippen LogP contribution in [-0.4, -0.2) is 31.6 Å². The molecular weight excluding hydrogens is 407 g/mol. The predicted molar refractivity (Wildman–Crippen MR) is 111 cm³/mol. The highest BCUT2D eigenvalue weighted by Crippen LogP contribution is 2.31. The lowest BCUT2D eigenvalue weighted by Gasteiger charge is -2.18. The molecule has 4 rings (SSSR count). The Balaban J connectivity index is 1.49. The summed E-state index contributed by atoms with van der Waals surface area (Å²) in [7, 11) is 0. The lowest BCUT2D eigenvalue weighted by atomic mass is 10.1. The molecule has 0 saturated heterocycles. The van der Waals surface area contributed by atoms with Crippen LogP contribution in [0.15, 0.2) is 60.0 Å². The van der Waals surface area contributed by atoms with Gasteiger partial charge < -0.3 is 14.2 Å². The van der Waals surface area contributed by atoms with Gasteiger partial charge in [0.25, 0.3) is 0 Å². The molecule has 0 fully saturated rings. The number of thiophene rings is 1. The summed E-state index contributed by atoms with van der Waals surface area (Å²) in [4.78, 5) is 25.9. The molecule has 1 aliphatic rings. The van der Waals surface area contributed by atoms with Gasteiger partial charge in [-0.25, -0.2) is 9.18 Å². The van der Waals surface area contributed by atoms with E-state index in [9.17, 15) is 14.0 Å². The third-order valence-corrected chi connectivity index (χ3v) is 5.29. The summed E-state index contributed by atoms with van der Waals surface area (Å²) in [6, 6.07) is 14.2. The molecule has 3 aromatic rings. The average molecular weight is 424 g/mol. The fourth-order valence-corrected chi connectivity index (χ4v) is 3.63. The van der Waals surface area contributed by atoms with E-state index in [4.69, 9.17) is 14.2 Å². The molecule has 1 aliphatic heterocycles. The van der Waals surface area contributed by atoms with Crippen molar-refractivity contribution in [1.29, 1.82) is 0 Å². The summed E-state index contributed by atoms with van der Waals surface area (Å²) in [5, 5.41) is 1.83. The largest absolute Gasteiger partial charge is 0.486 e. The molecule has 1 aromatic heterocycles. The van der Waals surface area contributed by atoms with E-state index in [0.717, 1.165) is 0 Å². The van der Waals surface area contributed by atoms with E-state index in [2.05, 4.69) is 0 Å². The summed E-state index contributed by atoms with van der Waals surface area (Å²) >= 11 is 1.37. The number of benzene rings is 2. The second-order valence-corrected chi connectivity index (χ2v) is 7.39. The van der Waals surface area contributed by atoms with Crippen LogP contribution >= 0.6 is 11.3 Å². The van der Waals surface area contributed by atoms with Crippen LogP contribution in [0, 0.1) is 5.82 Å².